The van der Waals surface area contributed by atoms with E-state index in [1.54, 1.807) is 0 Å². The first-order chi connectivity index (χ1) is 10.7. The predicted molar refractivity (Wildman–Crippen MR) is 87.2 cm³/mol. The highest BCUT2D eigenvalue weighted by atomic mass is 16.2. The lowest BCUT2D eigenvalue weighted by Crippen LogP contribution is -2.48. The number of nitrogens with zero attached hydrogens (tertiary/aromatic N) is 4. The van der Waals surface area contributed by atoms with Gasteiger partial charge in [-0.3, -0.25) is 9.69 Å². The van der Waals surface area contributed by atoms with Crippen molar-refractivity contribution in [1.82, 2.24) is 19.2 Å². The molecule has 0 spiro atoms. The standard InChI is InChI=1S/C17H24N4O/c1-3-4-6-19-8-10-20(11-9-19)17(22)15-13-21-7-5-14(2)12-16(21)18-15/h5,7,12-13H,3-4,6,8-11H2,1-2H3. The van der Waals surface area contributed by atoms with E-state index in [-0.39, 0.29) is 5.91 Å². The molecule has 3 rings (SSSR count). The average Bonchev–Trinajstić information content (AvgIpc) is 2.95. The Labute approximate surface area is 131 Å². The number of fused-ring (bicyclic) bond motifs is 1. The summed E-state index contributed by atoms with van der Waals surface area (Å²) in [6.45, 7) is 8.93. The molecule has 2 aromatic rings. The molecule has 1 amide bonds. The van der Waals surface area contributed by atoms with Crippen LogP contribution in [0, 0.1) is 6.92 Å². The zero-order valence-electron chi connectivity index (χ0n) is 13.5. The minimum absolute atomic E-state index is 0.0523. The minimum atomic E-state index is 0.0523. The molecule has 0 atom stereocenters. The number of amides is 1. The number of aryl methyl sites for hydroxylation is 1. The molecular weight excluding hydrogens is 276 g/mol. The lowest BCUT2D eigenvalue weighted by molar-refractivity contribution is 0.0630. The van der Waals surface area contributed by atoms with Crippen molar-refractivity contribution in [2.75, 3.05) is 32.7 Å². The molecule has 0 saturated carbocycles. The van der Waals surface area contributed by atoms with Crippen molar-refractivity contribution in [3.8, 4) is 0 Å². The van der Waals surface area contributed by atoms with Crippen molar-refractivity contribution >= 4 is 11.6 Å². The molecule has 5 heteroatoms. The highest BCUT2D eigenvalue weighted by Crippen LogP contribution is 2.12. The molecule has 3 heterocycles. The molecule has 1 saturated heterocycles. The first kappa shape index (κ1) is 15.0. The predicted octanol–water partition coefficient (Wildman–Crippen LogP) is 2.20. The van der Waals surface area contributed by atoms with Gasteiger partial charge in [-0.1, -0.05) is 13.3 Å². The van der Waals surface area contributed by atoms with Crippen LogP contribution in [-0.4, -0.2) is 57.8 Å². The van der Waals surface area contributed by atoms with Gasteiger partial charge in [-0.15, -0.1) is 0 Å². The number of aromatic nitrogens is 2. The molecular formula is C17H24N4O. The summed E-state index contributed by atoms with van der Waals surface area (Å²) < 4.78 is 1.91. The maximum atomic E-state index is 12.6. The van der Waals surface area contributed by atoms with Crippen LogP contribution in [0.25, 0.3) is 5.65 Å². The monoisotopic (exact) mass is 300 g/mol. The Bertz CT molecular complexity index is 656. The Hall–Kier alpha value is -1.88. The van der Waals surface area contributed by atoms with E-state index >= 15 is 0 Å². The van der Waals surface area contributed by atoms with E-state index in [4.69, 9.17) is 0 Å². The Morgan fingerprint density at radius 3 is 2.77 bits per heavy atom. The van der Waals surface area contributed by atoms with Gasteiger partial charge in [0.1, 0.15) is 11.3 Å². The van der Waals surface area contributed by atoms with Crippen molar-refractivity contribution in [2.45, 2.75) is 26.7 Å². The fourth-order valence-corrected chi connectivity index (χ4v) is 2.91. The van der Waals surface area contributed by atoms with Gasteiger partial charge in [-0.05, 0) is 37.6 Å². The summed E-state index contributed by atoms with van der Waals surface area (Å²) in [7, 11) is 0. The maximum Gasteiger partial charge on any atom is 0.274 e. The van der Waals surface area contributed by atoms with E-state index in [0.717, 1.165) is 43.9 Å². The van der Waals surface area contributed by atoms with E-state index in [1.165, 1.54) is 12.8 Å². The van der Waals surface area contributed by atoms with Gasteiger partial charge in [0, 0.05) is 38.6 Å². The zero-order chi connectivity index (χ0) is 15.5. The normalized spacial score (nSPS) is 16.4. The third-order valence-corrected chi connectivity index (χ3v) is 4.32. The third-order valence-electron chi connectivity index (χ3n) is 4.32. The van der Waals surface area contributed by atoms with Crippen molar-refractivity contribution in [2.24, 2.45) is 0 Å². The van der Waals surface area contributed by atoms with Crippen LogP contribution in [0.15, 0.2) is 24.5 Å². The lowest BCUT2D eigenvalue weighted by Gasteiger charge is -2.34. The van der Waals surface area contributed by atoms with E-state index < -0.39 is 0 Å². The van der Waals surface area contributed by atoms with E-state index in [0.29, 0.717) is 5.69 Å². The zero-order valence-corrected chi connectivity index (χ0v) is 13.5. The molecule has 0 N–H and O–H groups in total. The van der Waals surface area contributed by atoms with Gasteiger partial charge < -0.3 is 9.30 Å². The third kappa shape index (κ3) is 3.14. The number of carbonyl (C=O) groups is 1. The second-order valence-electron chi connectivity index (χ2n) is 6.08. The van der Waals surface area contributed by atoms with E-state index in [1.807, 2.05) is 40.8 Å². The number of unbranched alkanes of at least 4 members (excludes halogenated alkanes) is 1. The fourth-order valence-electron chi connectivity index (χ4n) is 2.91. The summed E-state index contributed by atoms with van der Waals surface area (Å²) in [5.74, 6) is 0.0523. The van der Waals surface area contributed by atoms with Crippen LogP contribution in [0.5, 0.6) is 0 Å². The molecule has 0 bridgehead atoms. The van der Waals surface area contributed by atoms with Crippen LogP contribution >= 0.6 is 0 Å². The molecule has 5 nitrogen and oxygen atoms in total. The summed E-state index contributed by atoms with van der Waals surface area (Å²) in [5.41, 5.74) is 2.54. The number of hydrogen-bond acceptors (Lipinski definition) is 3. The van der Waals surface area contributed by atoms with Crippen LogP contribution in [-0.2, 0) is 0 Å². The molecule has 1 fully saturated rings. The van der Waals surface area contributed by atoms with Crippen LogP contribution < -0.4 is 0 Å². The lowest BCUT2D eigenvalue weighted by atomic mass is 10.2. The van der Waals surface area contributed by atoms with Gasteiger partial charge in [0.15, 0.2) is 0 Å². The Morgan fingerprint density at radius 2 is 2.05 bits per heavy atom. The molecule has 22 heavy (non-hydrogen) atoms. The maximum absolute atomic E-state index is 12.6. The van der Waals surface area contributed by atoms with Gasteiger partial charge in [-0.2, -0.15) is 0 Å². The summed E-state index contributed by atoms with van der Waals surface area (Å²) in [6.07, 6.45) is 6.25. The fraction of sp³-hybridized carbons (Fsp3) is 0.529. The van der Waals surface area contributed by atoms with Crippen LogP contribution in [0.1, 0.15) is 35.8 Å². The number of carbonyl (C=O) groups excluding carboxylic acids is 1. The summed E-state index contributed by atoms with van der Waals surface area (Å²) in [5, 5.41) is 0. The highest BCUT2D eigenvalue weighted by Gasteiger charge is 2.23. The second-order valence-corrected chi connectivity index (χ2v) is 6.08. The van der Waals surface area contributed by atoms with Gasteiger partial charge in [0.05, 0.1) is 0 Å². The molecule has 0 radical (unpaired) electrons. The SMILES string of the molecule is CCCCN1CCN(C(=O)c2cn3ccc(C)cc3n2)CC1. The molecule has 1 aliphatic heterocycles. The first-order valence-electron chi connectivity index (χ1n) is 8.14. The van der Waals surface area contributed by atoms with Crippen molar-refractivity contribution in [3.63, 3.8) is 0 Å². The average molecular weight is 300 g/mol. The van der Waals surface area contributed by atoms with E-state index in [9.17, 15) is 4.79 Å². The Kier molecular flexibility index (Phi) is 4.43. The number of hydrogen-bond donors (Lipinski definition) is 0. The number of pyridine rings is 1. The van der Waals surface area contributed by atoms with Crippen molar-refractivity contribution < 1.29 is 4.79 Å². The summed E-state index contributed by atoms with van der Waals surface area (Å²) in [4.78, 5) is 21.5. The number of rotatable bonds is 4. The van der Waals surface area contributed by atoms with Gasteiger partial charge >= 0.3 is 0 Å². The molecule has 2 aromatic heterocycles. The quantitative estimate of drug-likeness (QED) is 0.869. The first-order valence-corrected chi connectivity index (χ1v) is 8.14. The van der Waals surface area contributed by atoms with Crippen molar-refractivity contribution in [1.29, 1.82) is 0 Å². The van der Waals surface area contributed by atoms with Crippen molar-refractivity contribution in [3.05, 3.63) is 35.8 Å². The smallest absolute Gasteiger partial charge is 0.274 e. The highest BCUT2D eigenvalue weighted by molar-refractivity contribution is 5.93. The second kappa shape index (κ2) is 6.48. The van der Waals surface area contributed by atoms with Gasteiger partial charge in [0.25, 0.3) is 5.91 Å². The van der Waals surface area contributed by atoms with Crippen LogP contribution in [0.4, 0.5) is 0 Å². The Morgan fingerprint density at radius 1 is 1.27 bits per heavy atom. The molecule has 1 aliphatic rings. The van der Waals surface area contributed by atoms with Gasteiger partial charge in [0.2, 0.25) is 0 Å². The largest absolute Gasteiger partial charge is 0.335 e. The number of piperazine rings is 1. The molecule has 118 valence electrons. The minimum Gasteiger partial charge on any atom is -0.335 e. The summed E-state index contributed by atoms with van der Waals surface area (Å²) in [6, 6.07) is 4.02. The Balaban J connectivity index is 1.66. The van der Waals surface area contributed by atoms with E-state index in [2.05, 4.69) is 16.8 Å². The molecule has 0 aliphatic carbocycles. The molecule has 0 unspecified atom stereocenters. The number of imidazole rings is 1. The van der Waals surface area contributed by atoms with Crippen LogP contribution in [0.3, 0.4) is 0 Å². The van der Waals surface area contributed by atoms with Gasteiger partial charge in [-0.25, -0.2) is 4.98 Å². The molecule has 0 aromatic carbocycles. The van der Waals surface area contributed by atoms with Crippen LogP contribution in [0.2, 0.25) is 0 Å². The summed E-state index contributed by atoms with van der Waals surface area (Å²) >= 11 is 0. The topological polar surface area (TPSA) is 40.9 Å².